The Morgan fingerprint density at radius 3 is 2.22 bits per heavy atom. The summed E-state index contributed by atoms with van der Waals surface area (Å²) in [6.45, 7) is 1.19. The fourth-order valence-electron chi connectivity index (χ4n) is 5.46. The molecule has 0 spiro atoms. The Morgan fingerprint density at radius 2 is 1.44 bits per heavy atom. The third-order valence-corrected chi connectivity index (χ3v) is 6.38. The second-order valence-electron chi connectivity index (χ2n) is 7.26. The Kier molecular flexibility index (Phi) is 3.12. The molecule has 4 rings (SSSR count). The number of hydrogen-bond donors (Lipinski definition) is 1. The van der Waals surface area contributed by atoms with Gasteiger partial charge in [-0.15, -0.1) is 0 Å². The van der Waals surface area contributed by atoms with Crippen LogP contribution >= 0.6 is 0 Å². The average molecular weight is 248 g/mol. The van der Waals surface area contributed by atoms with E-state index in [-0.39, 0.29) is 0 Å². The zero-order chi connectivity index (χ0) is 11.9. The highest BCUT2D eigenvalue weighted by Gasteiger charge is 2.44. The molecule has 1 N–H and O–H groups in total. The summed E-state index contributed by atoms with van der Waals surface area (Å²) in [5.41, 5.74) is 0. The highest BCUT2D eigenvalue weighted by atomic mass is 15.3. The molecule has 3 saturated carbocycles. The summed E-state index contributed by atoms with van der Waals surface area (Å²) in [5.74, 6) is 2.18. The van der Waals surface area contributed by atoms with Gasteiger partial charge in [-0.1, -0.05) is 38.5 Å². The molecule has 4 aliphatic rings. The predicted octanol–water partition coefficient (Wildman–Crippen LogP) is 3.13. The van der Waals surface area contributed by atoms with Gasteiger partial charge in [0.15, 0.2) is 0 Å². The number of nitrogens with zero attached hydrogens (tertiary/aromatic N) is 1. The molecule has 0 aromatic heterocycles. The SMILES string of the molecule is C1CCC2CC(N3CNC4CCCCC43)CC2C1. The molecule has 4 fully saturated rings. The van der Waals surface area contributed by atoms with E-state index in [0.29, 0.717) is 0 Å². The molecule has 2 nitrogen and oxygen atoms in total. The van der Waals surface area contributed by atoms with Crippen LogP contribution in [0, 0.1) is 11.8 Å². The molecule has 4 unspecified atom stereocenters. The van der Waals surface area contributed by atoms with E-state index < -0.39 is 0 Å². The van der Waals surface area contributed by atoms with Crippen LogP contribution in [-0.4, -0.2) is 29.7 Å². The third kappa shape index (κ3) is 1.92. The standard InChI is InChI=1S/C16H28N2/c1-2-6-13-10-14(9-12(13)5-1)18-11-17-15-7-3-4-8-16(15)18/h12-17H,1-11H2. The van der Waals surface area contributed by atoms with E-state index in [1.807, 2.05) is 0 Å². The summed E-state index contributed by atoms with van der Waals surface area (Å²) in [6, 6.07) is 2.66. The first-order chi connectivity index (χ1) is 8.92. The normalized spacial score (nSPS) is 49.0. The fraction of sp³-hybridized carbons (Fsp3) is 1.00. The van der Waals surface area contributed by atoms with Crippen molar-refractivity contribution in [1.29, 1.82) is 0 Å². The van der Waals surface area contributed by atoms with Crippen molar-refractivity contribution in [2.75, 3.05) is 6.67 Å². The van der Waals surface area contributed by atoms with Gasteiger partial charge in [-0.3, -0.25) is 10.2 Å². The lowest BCUT2D eigenvalue weighted by atomic mass is 9.82. The number of fused-ring (bicyclic) bond motifs is 2. The van der Waals surface area contributed by atoms with Crippen molar-refractivity contribution in [2.24, 2.45) is 11.8 Å². The number of rotatable bonds is 1. The van der Waals surface area contributed by atoms with Gasteiger partial charge in [0.2, 0.25) is 0 Å². The van der Waals surface area contributed by atoms with Gasteiger partial charge in [0.1, 0.15) is 0 Å². The van der Waals surface area contributed by atoms with E-state index in [1.165, 1.54) is 70.9 Å². The molecule has 4 atom stereocenters. The number of nitrogens with one attached hydrogen (secondary N) is 1. The van der Waals surface area contributed by atoms with Gasteiger partial charge in [0.25, 0.3) is 0 Å². The maximum atomic E-state index is 3.79. The lowest BCUT2D eigenvalue weighted by Gasteiger charge is -2.34. The van der Waals surface area contributed by atoms with Crippen LogP contribution in [0.25, 0.3) is 0 Å². The molecule has 1 saturated heterocycles. The van der Waals surface area contributed by atoms with E-state index in [0.717, 1.165) is 30.0 Å². The molecule has 2 heteroatoms. The Hall–Kier alpha value is -0.0800. The summed E-state index contributed by atoms with van der Waals surface area (Å²) in [6.07, 6.45) is 15.0. The highest BCUT2D eigenvalue weighted by Crippen LogP contribution is 2.45. The van der Waals surface area contributed by atoms with Crippen molar-refractivity contribution >= 4 is 0 Å². The fourth-order valence-corrected chi connectivity index (χ4v) is 5.46. The topological polar surface area (TPSA) is 15.3 Å². The molecule has 102 valence electrons. The highest BCUT2D eigenvalue weighted by molar-refractivity contribution is 4.99. The lowest BCUT2D eigenvalue weighted by Crippen LogP contribution is -2.43. The van der Waals surface area contributed by atoms with Gasteiger partial charge < -0.3 is 0 Å². The van der Waals surface area contributed by atoms with Crippen LogP contribution in [0.1, 0.15) is 64.2 Å². The molecular weight excluding hydrogens is 220 g/mol. The van der Waals surface area contributed by atoms with E-state index in [9.17, 15) is 0 Å². The van der Waals surface area contributed by atoms with E-state index >= 15 is 0 Å². The quantitative estimate of drug-likeness (QED) is 0.767. The Bertz CT molecular complexity index is 289. The van der Waals surface area contributed by atoms with Crippen molar-refractivity contribution in [3.8, 4) is 0 Å². The summed E-state index contributed by atoms with van der Waals surface area (Å²) in [7, 11) is 0. The molecular formula is C16H28N2. The summed E-state index contributed by atoms with van der Waals surface area (Å²) >= 11 is 0. The van der Waals surface area contributed by atoms with Crippen molar-refractivity contribution in [2.45, 2.75) is 82.3 Å². The molecule has 1 aliphatic heterocycles. The summed E-state index contributed by atoms with van der Waals surface area (Å²) < 4.78 is 0. The minimum atomic E-state index is 0.835. The van der Waals surface area contributed by atoms with Gasteiger partial charge in [0.05, 0.1) is 0 Å². The van der Waals surface area contributed by atoms with E-state index in [2.05, 4.69) is 10.2 Å². The van der Waals surface area contributed by atoms with Crippen LogP contribution in [0.3, 0.4) is 0 Å². The smallest absolute Gasteiger partial charge is 0.0489 e. The van der Waals surface area contributed by atoms with Gasteiger partial charge in [0, 0.05) is 24.8 Å². The minimum absolute atomic E-state index is 0.835. The first kappa shape index (κ1) is 11.7. The molecule has 0 aromatic rings. The average Bonchev–Trinajstić information content (AvgIpc) is 3.02. The van der Waals surface area contributed by atoms with Gasteiger partial charge >= 0.3 is 0 Å². The van der Waals surface area contributed by atoms with Crippen molar-refractivity contribution in [3.63, 3.8) is 0 Å². The van der Waals surface area contributed by atoms with Crippen LogP contribution in [0.2, 0.25) is 0 Å². The molecule has 0 bridgehead atoms. The maximum Gasteiger partial charge on any atom is 0.0489 e. The molecule has 18 heavy (non-hydrogen) atoms. The zero-order valence-corrected chi connectivity index (χ0v) is 11.6. The second kappa shape index (κ2) is 4.79. The van der Waals surface area contributed by atoms with Gasteiger partial charge in [-0.25, -0.2) is 0 Å². The van der Waals surface area contributed by atoms with Gasteiger partial charge in [-0.2, -0.15) is 0 Å². The van der Waals surface area contributed by atoms with Crippen LogP contribution in [0.4, 0.5) is 0 Å². The largest absolute Gasteiger partial charge is 0.300 e. The zero-order valence-electron chi connectivity index (χ0n) is 11.6. The third-order valence-electron chi connectivity index (χ3n) is 6.38. The Morgan fingerprint density at radius 1 is 0.778 bits per heavy atom. The van der Waals surface area contributed by atoms with Crippen LogP contribution in [0.5, 0.6) is 0 Å². The van der Waals surface area contributed by atoms with E-state index in [1.54, 1.807) is 0 Å². The second-order valence-corrected chi connectivity index (χ2v) is 7.26. The van der Waals surface area contributed by atoms with Crippen molar-refractivity contribution in [3.05, 3.63) is 0 Å². The predicted molar refractivity (Wildman–Crippen MR) is 74.4 cm³/mol. The Balaban J connectivity index is 1.44. The van der Waals surface area contributed by atoms with Crippen LogP contribution in [0.15, 0.2) is 0 Å². The first-order valence-electron chi connectivity index (χ1n) is 8.41. The minimum Gasteiger partial charge on any atom is -0.300 e. The number of hydrogen-bond acceptors (Lipinski definition) is 2. The summed E-state index contributed by atoms with van der Waals surface area (Å²) in [4.78, 5) is 2.88. The molecule has 0 aromatic carbocycles. The Labute approximate surface area is 111 Å². The van der Waals surface area contributed by atoms with Gasteiger partial charge in [-0.05, 0) is 37.5 Å². The lowest BCUT2D eigenvalue weighted by molar-refractivity contribution is 0.147. The van der Waals surface area contributed by atoms with Crippen LogP contribution in [-0.2, 0) is 0 Å². The van der Waals surface area contributed by atoms with Crippen molar-refractivity contribution in [1.82, 2.24) is 10.2 Å². The van der Waals surface area contributed by atoms with E-state index in [4.69, 9.17) is 0 Å². The molecule has 3 aliphatic carbocycles. The summed E-state index contributed by atoms with van der Waals surface area (Å²) in [5, 5.41) is 3.79. The molecule has 0 radical (unpaired) electrons. The first-order valence-corrected chi connectivity index (χ1v) is 8.41. The monoisotopic (exact) mass is 248 g/mol. The maximum absolute atomic E-state index is 3.79. The molecule has 1 heterocycles. The molecule has 0 amide bonds. The van der Waals surface area contributed by atoms with Crippen molar-refractivity contribution < 1.29 is 0 Å². The van der Waals surface area contributed by atoms with Crippen LogP contribution < -0.4 is 5.32 Å².